The van der Waals surface area contributed by atoms with Crippen LogP contribution in [-0.2, 0) is 9.59 Å². The van der Waals surface area contributed by atoms with E-state index < -0.39 is 5.92 Å². The third kappa shape index (κ3) is 2.80. The van der Waals surface area contributed by atoms with E-state index in [0.29, 0.717) is 6.54 Å². The summed E-state index contributed by atoms with van der Waals surface area (Å²) in [6.45, 7) is 0.349. The number of carbonyl (C=O) groups excluding carboxylic acids is 2. The van der Waals surface area contributed by atoms with E-state index in [4.69, 9.17) is 0 Å². The summed E-state index contributed by atoms with van der Waals surface area (Å²) in [7, 11) is 0. The highest BCUT2D eigenvalue weighted by molar-refractivity contribution is 9.10. The number of aromatic nitrogens is 3. The van der Waals surface area contributed by atoms with Crippen molar-refractivity contribution in [3.63, 3.8) is 0 Å². The monoisotopic (exact) mass is 349 g/mol. The van der Waals surface area contributed by atoms with Gasteiger partial charge in [0.25, 0.3) is 0 Å². The molecule has 0 radical (unpaired) electrons. The molecule has 7 nitrogen and oxygen atoms in total. The van der Waals surface area contributed by atoms with E-state index in [2.05, 4.69) is 36.4 Å². The number of anilines is 2. The van der Waals surface area contributed by atoms with Gasteiger partial charge in [-0.15, -0.1) is 0 Å². The fourth-order valence-corrected chi connectivity index (χ4v) is 2.77. The van der Waals surface area contributed by atoms with Crippen molar-refractivity contribution in [3.05, 3.63) is 35.1 Å². The normalized spacial score (nSPS) is 18.0. The molecule has 2 N–H and O–H groups in total. The quantitative estimate of drug-likeness (QED) is 0.879. The maximum Gasteiger partial charge on any atom is 0.232 e. The predicted molar refractivity (Wildman–Crippen MR) is 79.6 cm³/mol. The van der Waals surface area contributed by atoms with Crippen LogP contribution >= 0.6 is 15.9 Å². The molecule has 3 rings (SSSR count). The lowest BCUT2D eigenvalue weighted by Gasteiger charge is -2.18. The van der Waals surface area contributed by atoms with E-state index in [0.717, 1.165) is 10.2 Å². The van der Waals surface area contributed by atoms with Crippen LogP contribution in [0.15, 0.2) is 35.1 Å². The number of aromatic amines is 1. The molecule has 1 saturated heterocycles. The number of hydrogen-bond donors (Lipinski definition) is 2. The summed E-state index contributed by atoms with van der Waals surface area (Å²) in [5, 5.41) is 8.82. The molecule has 1 aliphatic heterocycles. The minimum absolute atomic E-state index is 0.0698. The number of amides is 2. The van der Waals surface area contributed by atoms with Crippen LogP contribution in [0.4, 0.5) is 11.6 Å². The zero-order chi connectivity index (χ0) is 14.8. The van der Waals surface area contributed by atoms with E-state index in [9.17, 15) is 9.59 Å². The topological polar surface area (TPSA) is 91.0 Å². The smallest absolute Gasteiger partial charge is 0.232 e. The Bertz CT molecular complexity index is 673. The molecule has 1 fully saturated rings. The highest BCUT2D eigenvalue weighted by atomic mass is 79.9. The molecule has 1 atom stereocenters. The molecular formula is C13H12BrN5O2. The van der Waals surface area contributed by atoms with Gasteiger partial charge in [0, 0.05) is 17.4 Å². The van der Waals surface area contributed by atoms with Crippen molar-refractivity contribution in [2.75, 3.05) is 16.8 Å². The molecule has 1 aromatic carbocycles. The van der Waals surface area contributed by atoms with Crippen molar-refractivity contribution >= 4 is 39.4 Å². The molecule has 2 amide bonds. The molecule has 0 saturated carbocycles. The number of halogens is 1. The number of H-pyrrole nitrogens is 1. The second kappa shape index (κ2) is 5.65. The number of rotatable bonds is 3. The molecule has 0 bridgehead atoms. The van der Waals surface area contributed by atoms with Crippen molar-refractivity contribution < 1.29 is 9.59 Å². The minimum Gasteiger partial charge on any atom is -0.310 e. The van der Waals surface area contributed by atoms with Crippen LogP contribution in [0, 0.1) is 5.92 Å². The first-order valence-electron chi connectivity index (χ1n) is 6.36. The number of hydrogen-bond acceptors (Lipinski definition) is 4. The van der Waals surface area contributed by atoms with Crippen LogP contribution in [-0.4, -0.2) is 33.5 Å². The van der Waals surface area contributed by atoms with E-state index in [1.165, 1.54) is 6.33 Å². The second-order valence-corrected chi connectivity index (χ2v) is 5.53. The molecule has 108 valence electrons. The summed E-state index contributed by atoms with van der Waals surface area (Å²) < 4.78 is 0.828. The van der Waals surface area contributed by atoms with Gasteiger partial charge in [-0.3, -0.25) is 14.9 Å². The fraction of sp³-hybridized carbons (Fsp3) is 0.231. The Kier molecular flexibility index (Phi) is 3.70. The molecule has 2 heterocycles. The summed E-state index contributed by atoms with van der Waals surface area (Å²) in [6, 6.07) is 7.45. The second-order valence-electron chi connectivity index (χ2n) is 4.68. The molecular weight excluding hydrogens is 338 g/mol. The van der Waals surface area contributed by atoms with Crippen LogP contribution in [0.25, 0.3) is 0 Å². The number of benzene rings is 1. The van der Waals surface area contributed by atoms with E-state index in [1.807, 2.05) is 24.3 Å². The van der Waals surface area contributed by atoms with Gasteiger partial charge in [0.1, 0.15) is 6.33 Å². The van der Waals surface area contributed by atoms with Gasteiger partial charge >= 0.3 is 0 Å². The largest absolute Gasteiger partial charge is 0.310 e. The summed E-state index contributed by atoms with van der Waals surface area (Å²) in [5.74, 6) is -0.434. The van der Waals surface area contributed by atoms with Gasteiger partial charge in [0.2, 0.25) is 17.8 Å². The molecule has 1 aliphatic rings. The Morgan fingerprint density at radius 1 is 1.43 bits per heavy atom. The number of nitrogens with zero attached hydrogens (tertiary/aromatic N) is 3. The van der Waals surface area contributed by atoms with Crippen LogP contribution in [0.5, 0.6) is 0 Å². The Morgan fingerprint density at radius 3 is 2.95 bits per heavy atom. The van der Waals surface area contributed by atoms with Gasteiger partial charge in [-0.2, -0.15) is 10.1 Å². The van der Waals surface area contributed by atoms with Gasteiger partial charge in [0.05, 0.1) is 11.6 Å². The first-order valence-corrected chi connectivity index (χ1v) is 7.15. The van der Waals surface area contributed by atoms with Crippen molar-refractivity contribution in [2.24, 2.45) is 5.92 Å². The van der Waals surface area contributed by atoms with Gasteiger partial charge in [0.15, 0.2) is 0 Å². The maximum atomic E-state index is 12.1. The Labute approximate surface area is 128 Å². The molecule has 2 aromatic rings. The Hall–Kier alpha value is -2.22. The predicted octanol–water partition coefficient (Wildman–Crippen LogP) is 1.56. The SMILES string of the molecule is O=C(Nc1ncn[nH]1)C1CC(=O)N(c2ccccc2Br)C1. The first kappa shape index (κ1) is 13.7. The van der Waals surface area contributed by atoms with E-state index in [1.54, 1.807) is 4.90 Å². The van der Waals surface area contributed by atoms with Gasteiger partial charge in [-0.25, -0.2) is 5.10 Å². The molecule has 1 aromatic heterocycles. The first-order chi connectivity index (χ1) is 10.1. The maximum absolute atomic E-state index is 12.1. The van der Waals surface area contributed by atoms with Gasteiger partial charge in [-0.05, 0) is 28.1 Å². The zero-order valence-corrected chi connectivity index (χ0v) is 12.5. The number of nitrogens with one attached hydrogen (secondary N) is 2. The molecule has 0 spiro atoms. The number of para-hydroxylation sites is 1. The number of carbonyl (C=O) groups is 2. The van der Waals surface area contributed by atoms with Crippen molar-refractivity contribution in [2.45, 2.75) is 6.42 Å². The van der Waals surface area contributed by atoms with Crippen LogP contribution < -0.4 is 10.2 Å². The Morgan fingerprint density at radius 2 is 2.24 bits per heavy atom. The Balaban J connectivity index is 1.73. The third-order valence-corrected chi connectivity index (χ3v) is 3.97. The standard InChI is InChI=1S/C13H12BrN5O2/c14-9-3-1-2-4-10(9)19-6-8(5-11(19)20)12(21)17-13-15-7-16-18-13/h1-4,7-8H,5-6H2,(H2,15,16,17,18,21). The average molecular weight is 350 g/mol. The average Bonchev–Trinajstić information content (AvgIpc) is 3.09. The van der Waals surface area contributed by atoms with Crippen LogP contribution in [0.2, 0.25) is 0 Å². The molecule has 0 aliphatic carbocycles. The van der Waals surface area contributed by atoms with Crippen molar-refractivity contribution in [1.82, 2.24) is 15.2 Å². The summed E-state index contributed by atoms with van der Waals surface area (Å²) in [5.41, 5.74) is 0.775. The summed E-state index contributed by atoms with van der Waals surface area (Å²) in [4.78, 5) is 29.7. The lowest BCUT2D eigenvalue weighted by molar-refractivity contribution is -0.122. The third-order valence-electron chi connectivity index (χ3n) is 3.30. The minimum atomic E-state index is -0.408. The fourth-order valence-electron chi connectivity index (χ4n) is 2.27. The molecule has 21 heavy (non-hydrogen) atoms. The van der Waals surface area contributed by atoms with Crippen LogP contribution in [0.3, 0.4) is 0 Å². The molecule has 8 heteroatoms. The van der Waals surface area contributed by atoms with Crippen LogP contribution in [0.1, 0.15) is 6.42 Å². The van der Waals surface area contributed by atoms with Gasteiger partial charge in [-0.1, -0.05) is 12.1 Å². The zero-order valence-electron chi connectivity index (χ0n) is 10.9. The molecule has 1 unspecified atom stereocenters. The van der Waals surface area contributed by atoms with E-state index in [-0.39, 0.29) is 24.2 Å². The lowest BCUT2D eigenvalue weighted by atomic mass is 10.1. The van der Waals surface area contributed by atoms with Crippen molar-refractivity contribution in [1.29, 1.82) is 0 Å². The summed E-state index contributed by atoms with van der Waals surface area (Å²) >= 11 is 3.42. The lowest BCUT2D eigenvalue weighted by Crippen LogP contribution is -2.28. The highest BCUT2D eigenvalue weighted by Gasteiger charge is 2.36. The highest BCUT2D eigenvalue weighted by Crippen LogP contribution is 2.31. The van der Waals surface area contributed by atoms with Gasteiger partial charge < -0.3 is 4.90 Å². The van der Waals surface area contributed by atoms with E-state index >= 15 is 0 Å². The van der Waals surface area contributed by atoms with Crippen molar-refractivity contribution in [3.8, 4) is 0 Å². The summed E-state index contributed by atoms with van der Waals surface area (Å²) in [6.07, 6.45) is 1.49.